The highest BCUT2D eigenvalue weighted by Crippen LogP contribution is 2.42. The largest absolute Gasteiger partial charge is 0.481 e. The minimum Gasteiger partial charge on any atom is -0.481 e. The molecule has 2 atom stereocenters. The lowest BCUT2D eigenvalue weighted by Gasteiger charge is -2.17. The summed E-state index contributed by atoms with van der Waals surface area (Å²) in [6.07, 6.45) is 3.87. The van der Waals surface area contributed by atoms with Crippen molar-refractivity contribution in [3.8, 4) is 28.3 Å². The number of nitrogens with zero attached hydrogens (tertiary/aromatic N) is 2. The first-order valence-corrected chi connectivity index (χ1v) is 17.6. The van der Waals surface area contributed by atoms with Gasteiger partial charge >= 0.3 is 11.8 Å². The van der Waals surface area contributed by atoms with Gasteiger partial charge in [0.05, 0.1) is 28.5 Å². The van der Waals surface area contributed by atoms with Crippen molar-refractivity contribution < 1.29 is 23.9 Å². The monoisotopic (exact) mass is 744 g/mol. The molecular formula is C37H38Cl2N8O5. The summed E-state index contributed by atoms with van der Waals surface area (Å²) in [5.74, 6) is -0.756. The molecule has 0 radical (unpaired) electrons. The summed E-state index contributed by atoms with van der Waals surface area (Å²) in [6.45, 7) is 3.10. The molecule has 13 nitrogen and oxygen atoms in total. The van der Waals surface area contributed by atoms with Crippen LogP contribution in [0.15, 0.2) is 60.8 Å². The second kappa shape index (κ2) is 16.4. The number of rotatable bonds is 12. The van der Waals surface area contributed by atoms with Gasteiger partial charge in [0.15, 0.2) is 0 Å². The molecule has 4 amide bonds. The van der Waals surface area contributed by atoms with Crippen molar-refractivity contribution in [2.75, 3.05) is 30.8 Å². The zero-order valence-corrected chi connectivity index (χ0v) is 30.1. The van der Waals surface area contributed by atoms with Gasteiger partial charge in [-0.15, -0.1) is 0 Å². The van der Waals surface area contributed by atoms with E-state index in [1.54, 1.807) is 26.2 Å². The van der Waals surface area contributed by atoms with Gasteiger partial charge in [-0.3, -0.25) is 19.2 Å². The molecule has 0 aliphatic carbocycles. The van der Waals surface area contributed by atoms with Crippen molar-refractivity contribution >= 4 is 64.0 Å². The van der Waals surface area contributed by atoms with E-state index in [1.165, 1.54) is 6.20 Å². The smallest absolute Gasteiger partial charge is 0.313 e. The zero-order valence-electron chi connectivity index (χ0n) is 28.6. The number of hydrogen-bond acceptors (Lipinski definition) is 9. The Hall–Kier alpha value is -5.24. The number of benzene rings is 2. The summed E-state index contributed by atoms with van der Waals surface area (Å²) in [6, 6.07) is 16.5. The molecule has 2 aliphatic heterocycles. The number of amides is 4. The van der Waals surface area contributed by atoms with Gasteiger partial charge in [0, 0.05) is 84.3 Å². The van der Waals surface area contributed by atoms with Gasteiger partial charge in [0.2, 0.25) is 17.7 Å². The summed E-state index contributed by atoms with van der Waals surface area (Å²) >= 11 is 14.0. The Kier molecular flexibility index (Phi) is 11.5. The highest BCUT2D eigenvalue weighted by atomic mass is 35.5. The van der Waals surface area contributed by atoms with Gasteiger partial charge in [0.1, 0.15) is 5.82 Å². The highest BCUT2D eigenvalue weighted by molar-refractivity contribution is 6.40. The quantitative estimate of drug-likeness (QED) is 0.111. The molecule has 4 aromatic rings. The van der Waals surface area contributed by atoms with Gasteiger partial charge < -0.3 is 36.6 Å². The summed E-state index contributed by atoms with van der Waals surface area (Å²) in [5, 5.41) is 18.4. The van der Waals surface area contributed by atoms with Crippen LogP contribution in [0, 0.1) is 6.92 Å². The van der Waals surface area contributed by atoms with Gasteiger partial charge in [-0.1, -0.05) is 59.6 Å². The van der Waals surface area contributed by atoms with Crippen molar-refractivity contribution in [3.63, 3.8) is 0 Å². The Morgan fingerprint density at radius 3 is 2.21 bits per heavy atom. The molecule has 0 saturated carbocycles. The third-order valence-electron chi connectivity index (χ3n) is 8.99. The van der Waals surface area contributed by atoms with Crippen LogP contribution in [0.3, 0.4) is 0 Å². The van der Waals surface area contributed by atoms with Crippen molar-refractivity contribution in [1.82, 2.24) is 31.2 Å². The zero-order chi connectivity index (χ0) is 36.8. The summed E-state index contributed by atoms with van der Waals surface area (Å²) in [7, 11) is 1.57. The molecule has 2 aliphatic rings. The Morgan fingerprint density at radius 1 is 0.846 bits per heavy atom. The fourth-order valence-electron chi connectivity index (χ4n) is 6.15. The van der Waals surface area contributed by atoms with Crippen LogP contribution in [0.25, 0.3) is 22.4 Å². The van der Waals surface area contributed by atoms with Crippen LogP contribution in [0.5, 0.6) is 5.88 Å². The third-order valence-corrected chi connectivity index (χ3v) is 9.81. The molecule has 0 spiro atoms. The van der Waals surface area contributed by atoms with Crippen molar-refractivity contribution in [2.24, 2.45) is 0 Å². The lowest BCUT2D eigenvalue weighted by molar-refractivity contribution is -0.136. The number of aromatic nitrogens is 2. The lowest BCUT2D eigenvalue weighted by Crippen LogP contribution is -2.42. The van der Waals surface area contributed by atoms with E-state index in [0.29, 0.717) is 93.4 Å². The maximum atomic E-state index is 12.7. The Bertz CT molecular complexity index is 2030. The van der Waals surface area contributed by atoms with Gasteiger partial charge in [-0.25, -0.2) is 9.97 Å². The SMILES string of the molecule is COc1nc(-c2cccc(-c3cccc(Nc4nccc(NC(=O)C(=O)NC[C@@H]5CCC(=O)N5)c4C)c3Cl)c2Cl)ccc1CNC[C@@H]1CCC(=O)N1. The first kappa shape index (κ1) is 36.5. The van der Waals surface area contributed by atoms with Crippen LogP contribution < -0.4 is 36.6 Å². The van der Waals surface area contributed by atoms with Crippen molar-refractivity contribution in [2.45, 2.75) is 51.2 Å². The van der Waals surface area contributed by atoms with Crippen LogP contribution in [0.2, 0.25) is 10.0 Å². The molecule has 6 rings (SSSR count). The molecule has 2 saturated heterocycles. The predicted octanol–water partition coefficient (Wildman–Crippen LogP) is 4.88. The minimum absolute atomic E-state index is 0.0725. The van der Waals surface area contributed by atoms with Crippen molar-refractivity contribution in [3.05, 3.63) is 82.0 Å². The standard InChI is InChI=1S/C37H38Cl2N8O5/c1-20-27(46-36(51)35(50)42-19-23-11-14-31(49)44-23)15-16-41-34(20)45-29-8-4-6-25(33(29)39)24-5-3-7-26(32(24)38)28-12-9-21(37(47-28)52-2)17-40-18-22-10-13-30(48)43-22/h3-9,12,15-16,22-23,40H,10-11,13-14,17-19H2,1-2H3,(H,42,50)(H,43,48)(H,44,49)(H2,41,45,46,51)/t22-,23-/m0/s1. The maximum absolute atomic E-state index is 12.7. The first-order chi connectivity index (χ1) is 25.1. The fourth-order valence-corrected chi connectivity index (χ4v) is 6.75. The van der Waals surface area contributed by atoms with E-state index < -0.39 is 11.8 Å². The number of carbonyl (C=O) groups is 4. The Balaban J connectivity index is 1.16. The molecule has 2 aromatic heterocycles. The average molecular weight is 746 g/mol. The van der Waals surface area contributed by atoms with Gasteiger partial charge in [-0.05, 0) is 38.0 Å². The van der Waals surface area contributed by atoms with E-state index in [2.05, 4.69) is 36.9 Å². The average Bonchev–Trinajstić information content (AvgIpc) is 3.76. The molecule has 52 heavy (non-hydrogen) atoms. The maximum Gasteiger partial charge on any atom is 0.313 e. The molecular weight excluding hydrogens is 707 g/mol. The Morgan fingerprint density at radius 2 is 1.52 bits per heavy atom. The van der Waals surface area contributed by atoms with E-state index in [9.17, 15) is 19.2 Å². The van der Waals surface area contributed by atoms with E-state index in [4.69, 9.17) is 32.9 Å². The van der Waals surface area contributed by atoms with Crippen LogP contribution in [0.1, 0.15) is 36.8 Å². The Labute approximate surface area is 310 Å². The molecule has 15 heteroatoms. The number of ether oxygens (including phenoxy) is 1. The van der Waals surface area contributed by atoms with Crippen LogP contribution in [-0.2, 0) is 25.7 Å². The number of pyridine rings is 2. The topological polar surface area (TPSA) is 175 Å². The fraction of sp³-hybridized carbons (Fsp3) is 0.297. The second-order valence-electron chi connectivity index (χ2n) is 12.6. The minimum atomic E-state index is -0.840. The van der Waals surface area contributed by atoms with Crippen LogP contribution in [-0.4, -0.2) is 65.9 Å². The first-order valence-electron chi connectivity index (χ1n) is 16.8. The molecule has 6 N–H and O–H groups in total. The molecule has 2 aromatic carbocycles. The molecule has 0 unspecified atom stereocenters. The second-order valence-corrected chi connectivity index (χ2v) is 13.3. The summed E-state index contributed by atoms with van der Waals surface area (Å²) in [4.78, 5) is 57.2. The van der Waals surface area contributed by atoms with Gasteiger partial charge in [-0.2, -0.15) is 0 Å². The highest BCUT2D eigenvalue weighted by Gasteiger charge is 2.24. The normalized spacial score (nSPS) is 16.6. The molecule has 270 valence electrons. The number of carbonyl (C=O) groups excluding carboxylic acids is 4. The van der Waals surface area contributed by atoms with E-state index in [1.807, 2.05) is 42.5 Å². The molecule has 0 bridgehead atoms. The lowest BCUT2D eigenvalue weighted by atomic mass is 10.00. The third kappa shape index (κ3) is 8.44. The molecule has 4 heterocycles. The van der Waals surface area contributed by atoms with E-state index in [0.717, 1.165) is 12.0 Å². The summed E-state index contributed by atoms with van der Waals surface area (Å²) < 4.78 is 5.62. The van der Waals surface area contributed by atoms with Gasteiger partial charge in [0.25, 0.3) is 0 Å². The number of methoxy groups -OCH3 is 1. The van der Waals surface area contributed by atoms with E-state index in [-0.39, 0.29) is 30.4 Å². The predicted molar refractivity (Wildman–Crippen MR) is 200 cm³/mol. The van der Waals surface area contributed by atoms with E-state index >= 15 is 0 Å². The van der Waals surface area contributed by atoms with Crippen LogP contribution in [0.4, 0.5) is 17.2 Å². The summed E-state index contributed by atoms with van der Waals surface area (Å²) in [5.41, 5.74) is 5.06. The number of anilines is 3. The number of halogens is 2. The number of hydrogen-bond donors (Lipinski definition) is 6. The van der Waals surface area contributed by atoms with Crippen LogP contribution >= 0.6 is 23.2 Å². The number of nitrogens with one attached hydrogen (secondary N) is 6. The molecule has 2 fully saturated rings. The van der Waals surface area contributed by atoms with Crippen molar-refractivity contribution in [1.29, 1.82) is 0 Å².